The largest absolute Gasteiger partial charge is 0.507 e. The number of ketones is 1. The lowest BCUT2D eigenvalue weighted by Crippen LogP contribution is -2.32. The Labute approximate surface area is 169 Å². The average Bonchev–Trinajstić information content (AvgIpc) is 2.97. The maximum atomic E-state index is 12.8. The van der Waals surface area contributed by atoms with E-state index in [0.29, 0.717) is 10.6 Å². The van der Waals surface area contributed by atoms with Crippen molar-refractivity contribution in [1.29, 1.82) is 0 Å². The summed E-state index contributed by atoms with van der Waals surface area (Å²) in [4.78, 5) is 26.9. The van der Waals surface area contributed by atoms with E-state index in [-0.39, 0.29) is 24.5 Å². The van der Waals surface area contributed by atoms with Gasteiger partial charge in [0.15, 0.2) is 0 Å². The average molecular weight is 400 g/mol. The van der Waals surface area contributed by atoms with E-state index in [1.807, 2.05) is 24.3 Å². The number of aryl methyl sites for hydroxylation is 1. The minimum Gasteiger partial charge on any atom is -0.507 e. The van der Waals surface area contributed by atoms with Gasteiger partial charge in [0.05, 0.1) is 18.2 Å². The number of hydrogen-bond acceptors (Lipinski definition) is 4. The highest BCUT2D eigenvalue weighted by Crippen LogP contribution is 2.39. The molecule has 5 nitrogen and oxygen atoms in total. The number of Topliss-reactive ketones (excluding diaryl/α,β-unsaturated/α-hetero) is 1. The molecule has 1 saturated heterocycles. The van der Waals surface area contributed by atoms with Gasteiger partial charge in [-0.3, -0.25) is 9.59 Å². The molecule has 1 heterocycles. The number of ether oxygens (including phenoxy) is 1. The zero-order valence-electron chi connectivity index (χ0n) is 15.8. The van der Waals surface area contributed by atoms with Crippen LogP contribution in [0.2, 0.25) is 5.02 Å². The van der Waals surface area contributed by atoms with Crippen molar-refractivity contribution in [3.8, 4) is 0 Å². The Bertz CT molecular complexity index is 903. The fourth-order valence-corrected chi connectivity index (χ4v) is 3.47. The van der Waals surface area contributed by atoms with Gasteiger partial charge < -0.3 is 14.7 Å². The summed E-state index contributed by atoms with van der Waals surface area (Å²) in [6.07, 6.45) is 0.884. The number of nitrogens with zero attached hydrogens (tertiary/aromatic N) is 1. The molecule has 1 unspecified atom stereocenters. The number of likely N-dealkylation sites (tertiary alicyclic amines) is 1. The summed E-state index contributed by atoms with van der Waals surface area (Å²) in [7, 11) is 1.54. The van der Waals surface area contributed by atoms with Gasteiger partial charge in [0.25, 0.3) is 11.7 Å². The van der Waals surface area contributed by atoms with E-state index in [2.05, 4.69) is 6.92 Å². The second-order valence-corrected chi connectivity index (χ2v) is 7.02. The molecule has 1 amide bonds. The predicted molar refractivity (Wildman–Crippen MR) is 108 cm³/mol. The van der Waals surface area contributed by atoms with E-state index in [0.717, 1.165) is 17.5 Å². The van der Waals surface area contributed by atoms with E-state index >= 15 is 0 Å². The lowest BCUT2D eigenvalue weighted by Gasteiger charge is -2.25. The van der Waals surface area contributed by atoms with Crippen molar-refractivity contribution < 1.29 is 19.4 Å². The monoisotopic (exact) mass is 399 g/mol. The van der Waals surface area contributed by atoms with Gasteiger partial charge in [-0.05, 0) is 41.8 Å². The summed E-state index contributed by atoms with van der Waals surface area (Å²) >= 11 is 5.92. The highest BCUT2D eigenvalue weighted by atomic mass is 35.5. The first-order valence-electron chi connectivity index (χ1n) is 9.10. The smallest absolute Gasteiger partial charge is 0.295 e. The number of carbonyl (C=O) groups excluding carboxylic acids is 2. The Kier molecular flexibility index (Phi) is 6.17. The van der Waals surface area contributed by atoms with Crippen molar-refractivity contribution in [2.75, 3.05) is 20.3 Å². The molecule has 2 aromatic carbocycles. The molecule has 0 saturated carbocycles. The Morgan fingerprint density at radius 1 is 1.11 bits per heavy atom. The number of carbonyl (C=O) groups is 2. The van der Waals surface area contributed by atoms with Crippen molar-refractivity contribution in [2.24, 2.45) is 0 Å². The second kappa shape index (κ2) is 8.59. The lowest BCUT2D eigenvalue weighted by atomic mass is 9.94. The summed E-state index contributed by atoms with van der Waals surface area (Å²) in [5.74, 6) is -1.55. The first-order valence-corrected chi connectivity index (χ1v) is 9.47. The van der Waals surface area contributed by atoms with Crippen LogP contribution in [-0.4, -0.2) is 42.0 Å². The van der Waals surface area contributed by atoms with Crippen molar-refractivity contribution in [3.05, 3.63) is 75.8 Å². The molecule has 0 aromatic heterocycles. The molecule has 0 aliphatic carbocycles. The van der Waals surface area contributed by atoms with E-state index in [9.17, 15) is 14.7 Å². The van der Waals surface area contributed by atoms with E-state index in [1.165, 1.54) is 12.0 Å². The number of halogens is 1. The van der Waals surface area contributed by atoms with E-state index < -0.39 is 17.7 Å². The molecule has 1 aliphatic rings. The number of amides is 1. The number of aliphatic hydroxyl groups excluding tert-OH is 1. The van der Waals surface area contributed by atoms with Gasteiger partial charge in [0.2, 0.25) is 0 Å². The molecule has 0 radical (unpaired) electrons. The molecule has 3 rings (SSSR count). The molecule has 2 aromatic rings. The first-order chi connectivity index (χ1) is 13.5. The van der Waals surface area contributed by atoms with Crippen LogP contribution in [0.15, 0.2) is 54.1 Å². The van der Waals surface area contributed by atoms with E-state index in [4.69, 9.17) is 16.3 Å². The van der Waals surface area contributed by atoms with Crippen LogP contribution in [0.4, 0.5) is 0 Å². The Hall–Kier alpha value is -2.63. The maximum absolute atomic E-state index is 12.8. The van der Waals surface area contributed by atoms with Crippen LogP contribution in [0.5, 0.6) is 0 Å². The molecule has 1 atom stereocenters. The normalized spacial score (nSPS) is 18.7. The van der Waals surface area contributed by atoms with Crippen molar-refractivity contribution >= 4 is 29.1 Å². The third-order valence-corrected chi connectivity index (χ3v) is 5.15. The van der Waals surface area contributed by atoms with Crippen LogP contribution in [0.25, 0.3) is 5.76 Å². The number of benzene rings is 2. The molecule has 6 heteroatoms. The van der Waals surface area contributed by atoms with Crippen LogP contribution in [0.3, 0.4) is 0 Å². The number of rotatable bonds is 6. The van der Waals surface area contributed by atoms with Gasteiger partial charge >= 0.3 is 0 Å². The standard InChI is InChI=1S/C22H22ClNO4/c1-3-14-4-6-15(7-5-14)19-18(20(25)16-8-10-17(23)11-9-16)21(26)22(27)24(19)12-13-28-2/h4-11,19,25H,3,12-13H2,1-2H3/b20-18-. The summed E-state index contributed by atoms with van der Waals surface area (Å²) in [5.41, 5.74) is 2.43. The zero-order chi connectivity index (χ0) is 20.3. The highest BCUT2D eigenvalue weighted by Gasteiger charge is 2.45. The molecule has 1 aliphatic heterocycles. The summed E-state index contributed by atoms with van der Waals surface area (Å²) in [5, 5.41) is 11.4. The van der Waals surface area contributed by atoms with Gasteiger partial charge in [0.1, 0.15) is 5.76 Å². The molecule has 146 valence electrons. The molecule has 0 spiro atoms. The fourth-order valence-electron chi connectivity index (χ4n) is 3.35. The second-order valence-electron chi connectivity index (χ2n) is 6.59. The molecule has 1 N–H and O–H groups in total. The molecular weight excluding hydrogens is 378 g/mol. The Morgan fingerprint density at radius 3 is 2.32 bits per heavy atom. The fraction of sp³-hybridized carbons (Fsp3) is 0.273. The third kappa shape index (κ3) is 3.81. The quantitative estimate of drug-likeness (QED) is 0.453. The third-order valence-electron chi connectivity index (χ3n) is 4.90. The van der Waals surface area contributed by atoms with Gasteiger partial charge in [-0.25, -0.2) is 0 Å². The van der Waals surface area contributed by atoms with E-state index in [1.54, 1.807) is 24.3 Å². The zero-order valence-corrected chi connectivity index (χ0v) is 16.6. The van der Waals surface area contributed by atoms with Gasteiger partial charge in [0, 0.05) is 24.2 Å². The summed E-state index contributed by atoms with van der Waals surface area (Å²) < 4.78 is 5.10. The molecule has 0 bridgehead atoms. The van der Waals surface area contributed by atoms with Gasteiger partial charge in [-0.1, -0.05) is 42.8 Å². The molecular formula is C22H22ClNO4. The van der Waals surface area contributed by atoms with Crippen LogP contribution >= 0.6 is 11.6 Å². The summed E-state index contributed by atoms with van der Waals surface area (Å²) in [6.45, 7) is 2.59. The number of aliphatic hydroxyl groups is 1. The summed E-state index contributed by atoms with van der Waals surface area (Å²) in [6, 6.07) is 13.5. The van der Waals surface area contributed by atoms with Crippen molar-refractivity contribution in [1.82, 2.24) is 4.90 Å². The van der Waals surface area contributed by atoms with Crippen molar-refractivity contribution in [2.45, 2.75) is 19.4 Å². The molecule has 28 heavy (non-hydrogen) atoms. The van der Waals surface area contributed by atoms with Gasteiger partial charge in [-0.2, -0.15) is 0 Å². The minimum absolute atomic E-state index is 0.0765. The topological polar surface area (TPSA) is 66.8 Å². The highest BCUT2D eigenvalue weighted by molar-refractivity contribution is 6.46. The van der Waals surface area contributed by atoms with Crippen LogP contribution in [0, 0.1) is 0 Å². The number of hydrogen-bond donors (Lipinski definition) is 1. The van der Waals surface area contributed by atoms with Crippen LogP contribution < -0.4 is 0 Å². The van der Waals surface area contributed by atoms with Gasteiger partial charge in [-0.15, -0.1) is 0 Å². The lowest BCUT2D eigenvalue weighted by molar-refractivity contribution is -0.140. The Morgan fingerprint density at radius 2 is 1.75 bits per heavy atom. The van der Waals surface area contributed by atoms with Crippen LogP contribution in [0.1, 0.15) is 29.7 Å². The van der Waals surface area contributed by atoms with Crippen molar-refractivity contribution in [3.63, 3.8) is 0 Å². The first kappa shape index (κ1) is 20.1. The predicted octanol–water partition coefficient (Wildman–Crippen LogP) is 3.97. The number of methoxy groups -OCH3 is 1. The maximum Gasteiger partial charge on any atom is 0.295 e. The van der Waals surface area contributed by atoms with Crippen LogP contribution in [-0.2, 0) is 20.7 Å². The molecule has 1 fully saturated rings. The minimum atomic E-state index is -0.701. The Balaban J connectivity index is 2.13. The SMILES string of the molecule is CCc1ccc(C2/C(=C(/O)c3ccc(Cl)cc3)C(=O)C(=O)N2CCOC)cc1.